The van der Waals surface area contributed by atoms with Crippen LogP contribution in [0, 0.1) is 10.1 Å². The highest BCUT2D eigenvalue weighted by Crippen LogP contribution is 2.28. The van der Waals surface area contributed by atoms with Crippen LogP contribution in [-0.2, 0) is 10.0 Å². The van der Waals surface area contributed by atoms with Crippen molar-refractivity contribution in [3.05, 3.63) is 46.2 Å². The molecule has 10 nitrogen and oxygen atoms in total. The molecule has 0 aliphatic heterocycles. The molecule has 0 fully saturated rings. The maximum absolute atomic E-state index is 12.2. The van der Waals surface area contributed by atoms with E-state index in [-0.39, 0.29) is 16.4 Å². The van der Waals surface area contributed by atoms with E-state index in [0.717, 1.165) is 12.3 Å². The molecule has 1 N–H and O–H groups in total. The van der Waals surface area contributed by atoms with Gasteiger partial charge in [-0.3, -0.25) is 10.1 Å². The number of furan rings is 1. The van der Waals surface area contributed by atoms with Crippen LogP contribution in [0.5, 0.6) is 11.5 Å². The summed E-state index contributed by atoms with van der Waals surface area (Å²) >= 11 is 0. The highest BCUT2D eigenvalue weighted by Gasteiger charge is 2.19. The summed E-state index contributed by atoms with van der Waals surface area (Å²) in [4.78, 5) is 11.6. The van der Waals surface area contributed by atoms with E-state index in [2.05, 4.69) is 5.10 Å². The highest BCUT2D eigenvalue weighted by molar-refractivity contribution is 7.89. The van der Waals surface area contributed by atoms with Crippen LogP contribution < -0.4 is 14.3 Å². The maximum Gasteiger partial charge on any atom is 0.433 e. The maximum atomic E-state index is 12.2. The normalized spacial score (nSPS) is 11.4. The van der Waals surface area contributed by atoms with Crippen LogP contribution in [0.4, 0.5) is 5.88 Å². The van der Waals surface area contributed by atoms with Gasteiger partial charge in [0.1, 0.15) is 21.3 Å². The van der Waals surface area contributed by atoms with Crippen molar-refractivity contribution in [3.63, 3.8) is 0 Å². The fourth-order valence-corrected chi connectivity index (χ4v) is 2.66. The van der Waals surface area contributed by atoms with Crippen molar-refractivity contribution < 1.29 is 27.2 Å². The third kappa shape index (κ3) is 3.81. The van der Waals surface area contributed by atoms with Crippen molar-refractivity contribution in [2.24, 2.45) is 5.10 Å². The fourth-order valence-electron chi connectivity index (χ4n) is 1.72. The Balaban J connectivity index is 2.19. The monoisotopic (exact) mass is 355 g/mol. The summed E-state index contributed by atoms with van der Waals surface area (Å²) in [5.74, 6) is 0.0464. The lowest BCUT2D eigenvalue weighted by molar-refractivity contribution is -0.402. The molecule has 0 bridgehead atoms. The Morgan fingerprint density at radius 2 is 2.00 bits per heavy atom. The number of nitrogens with one attached hydrogen (secondary N) is 1. The smallest absolute Gasteiger partial charge is 0.433 e. The fraction of sp³-hybridized carbons (Fsp3) is 0.154. The summed E-state index contributed by atoms with van der Waals surface area (Å²) in [6, 6.07) is 6.57. The summed E-state index contributed by atoms with van der Waals surface area (Å²) in [6.07, 6.45) is 1.00. The lowest BCUT2D eigenvalue weighted by Crippen LogP contribution is -2.19. The van der Waals surface area contributed by atoms with E-state index in [4.69, 9.17) is 13.9 Å². The second-order valence-corrected chi connectivity index (χ2v) is 5.93. The van der Waals surface area contributed by atoms with Gasteiger partial charge in [0.25, 0.3) is 10.0 Å². The van der Waals surface area contributed by atoms with Crippen molar-refractivity contribution >= 4 is 22.1 Å². The molecule has 0 amide bonds. The van der Waals surface area contributed by atoms with E-state index in [0.29, 0.717) is 5.75 Å². The Labute approximate surface area is 136 Å². The molecule has 128 valence electrons. The van der Waals surface area contributed by atoms with Gasteiger partial charge >= 0.3 is 5.88 Å². The standard InChI is InChI=1S/C13H13N3O7S/c1-21-9-3-5-12(11(7-9)22-2)24(19,20)15-14-8-10-4-6-13(23-10)16(17)18/h3-8,15H,1-2H3/b14-8+. The predicted molar refractivity (Wildman–Crippen MR) is 82.8 cm³/mol. The van der Waals surface area contributed by atoms with E-state index in [1.807, 2.05) is 4.83 Å². The number of rotatable bonds is 7. The number of sulfonamides is 1. The Bertz CT molecular complexity index is 873. The third-order valence-corrected chi connectivity index (χ3v) is 4.08. The molecule has 1 aromatic carbocycles. The predicted octanol–water partition coefficient (Wildman–Crippen LogP) is 1.52. The van der Waals surface area contributed by atoms with Crippen molar-refractivity contribution in [2.75, 3.05) is 14.2 Å². The summed E-state index contributed by atoms with van der Waals surface area (Å²) in [7, 11) is -1.25. The van der Waals surface area contributed by atoms with Gasteiger partial charge in [0.2, 0.25) is 0 Å². The van der Waals surface area contributed by atoms with Gasteiger partial charge in [0.05, 0.1) is 26.5 Å². The van der Waals surface area contributed by atoms with E-state index < -0.39 is 20.8 Å². The number of hydrogen-bond acceptors (Lipinski definition) is 8. The van der Waals surface area contributed by atoms with Crippen molar-refractivity contribution in [3.8, 4) is 11.5 Å². The number of hydrogen-bond donors (Lipinski definition) is 1. The quantitative estimate of drug-likeness (QED) is 0.452. The van der Waals surface area contributed by atoms with Gasteiger partial charge in [-0.25, -0.2) is 0 Å². The van der Waals surface area contributed by atoms with Gasteiger partial charge in [0.15, 0.2) is 5.76 Å². The number of ether oxygens (including phenoxy) is 2. The highest BCUT2D eigenvalue weighted by atomic mass is 32.2. The van der Waals surface area contributed by atoms with E-state index in [1.54, 1.807) is 0 Å². The third-order valence-electron chi connectivity index (χ3n) is 2.82. The van der Waals surface area contributed by atoms with Crippen molar-refractivity contribution in [1.29, 1.82) is 0 Å². The molecule has 0 unspecified atom stereocenters. The Hall–Kier alpha value is -3.08. The van der Waals surface area contributed by atoms with Crippen LogP contribution in [0.3, 0.4) is 0 Å². The molecule has 11 heteroatoms. The van der Waals surface area contributed by atoms with Crippen LogP contribution in [0.15, 0.2) is 44.7 Å². The zero-order chi connectivity index (χ0) is 17.7. The molecule has 1 heterocycles. The number of hydrazone groups is 1. The van der Waals surface area contributed by atoms with E-state index >= 15 is 0 Å². The Morgan fingerprint density at radius 3 is 2.58 bits per heavy atom. The summed E-state index contributed by atoms with van der Waals surface area (Å²) in [5, 5.41) is 14.0. The molecule has 0 saturated carbocycles. The zero-order valence-electron chi connectivity index (χ0n) is 12.6. The summed E-state index contributed by atoms with van der Waals surface area (Å²) in [5.41, 5.74) is 0. The minimum Gasteiger partial charge on any atom is -0.497 e. The molecule has 24 heavy (non-hydrogen) atoms. The minimum absolute atomic E-state index is 0.0195. The molecular weight excluding hydrogens is 342 g/mol. The Kier molecular flexibility index (Phi) is 5.04. The largest absolute Gasteiger partial charge is 0.497 e. The van der Waals surface area contributed by atoms with Gasteiger partial charge in [-0.15, -0.1) is 0 Å². The van der Waals surface area contributed by atoms with Crippen LogP contribution >= 0.6 is 0 Å². The van der Waals surface area contributed by atoms with Gasteiger partial charge in [-0.1, -0.05) is 0 Å². The lowest BCUT2D eigenvalue weighted by atomic mass is 10.3. The van der Waals surface area contributed by atoms with Gasteiger partial charge in [0, 0.05) is 6.07 Å². The lowest BCUT2D eigenvalue weighted by Gasteiger charge is -2.10. The van der Waals surface area contributed by atoms with Crippen LogP contribution in [-0.4, -0.2) is 33.8 Å². The second-order valence-electron chi connectivity index (χ2n) is 4.30. The summed E-state index contributed by atoms with van der Waals surface area (Å²) < 4.78 is 39.3. The van der Waals surface area contributed by atoms with E-state index in [9.17, 15) is 18.5 Å². The zero-order valence-corrected chi connectivity index (χ0v) is 13.4. The van der Waals surface area contributed by atoms with E-state index in [1.165, 1.54) is 38.5 Å². The van der Waals surface area contributed by atoms with Gasteiger partial charge in [-0.05, 0) is 18.2 Å². The molecular formula is C13H13N3O7S. The molecule has 0 saturated heterocycles. The molecule has 0 spiro atoms. The van der Waals surface area contributed by atoms with Crippen LogP contribution in [0.25, 0.3) is 0 Å². The van der Waals surface area contributed by atoms with Crippen LogP contribution in [0.1, 0.15) is 5.76 Å². The molecule has 2 rings (SSSR count). The summed E-state index contributed by atoms with van der Waals surface area (Å²) in [6.45, 7) is 0. The second kappa shape index (κ2) is 7.00. The van der Waals surface area contributed by atoms with Crippen molar-refractivity contribution in [2.45, 2.75) is 4.90 Å². The average molecular weight is 355 g/mol. The molecule has 1 aromatic heterocycles. The molecule has 0 aliphatic rings. The van der Waals surface area contributed by atoms with Crippen LogP contribution in [0.2, 0.25) is 0 Å². The first-order chi connectivity index (χ1) is 11.4. The average Bonchev–Trinajstić information content (AvgIpc) is 3.03. The number of methoxy groups -OCH3 is 2. The molecule has 2 aromatic rings. The Morgan fingerprint density at radius 1 is 1.25 bits per heavy atom. The first-order valence-corrected chi connectivity index (χ1v) is 7.87. The number of nitro groups is 1. The van der Waals surface area contributed by atoms with Crippen molar-refractivity contribution in [1.82, 2.24) is 4.83 Å². The minimum atomic E-state index is -4.01. The number of nitrogens with zero attached hydrogens (tertiary/aromatic N) is 2. The molecule has 0 radical (unpaired) electrons. The van der Waals surface area contributed by atoms with Gasteiger partial charge in [-0.2, -0.15) is 18.4 Å². The number of benzene rings is 1. The molecule has 0 aliphatic carbocycles. The van der Waals surface area contributed by atoms with Gasteiger partial charge < -0.3 is 13.9 Å². The first kappa shape index (κ1) is 17.3. The SMILES string of the molecule is COc1ccc(S(=O)(=O)N/N=C/c2ccc([N+](=O)[O-])o2)c(OC)c1. The molecule has 0 atom stereocenters. The topological polar surface area (TPSA) is 133 Å². The first-order valence-electron chi connectivity index (χ1n) is 6.38.